The molecule has 7 heteroatoms. The number of likely N-dealkylation sites (N-methyl/N-ethyl adjacent to an activating group) is 1. The minimum atomic E-state index is -0.960. The molecule has 236 valence electrons. The number of rotatable bonds is 27. The van der Waals surface area contributed by atoms with E-state index in [0.29, 0.717) is 37.0 Å². The van der Waals surface area contributed by atoms with Gasteiger partial charge in [0, 0.05) is 18.4 Å². The van der Waals surface area contributed by atoms with Crippen LogP contribution < -0.4 is 0 Å². The maximum Gasteiger partial charge on any atom is 0.335 e. The van der Waals surface area contributed by atoms with Crippen LogP contribution in [0, 0.1) is 0 Å². The molecule has 0 aliphatic heterocycles. The fourth-order valence-electron chi connectivity index (χ4n) is 4.90. The monoisotopic (exact) mass is 586 g/mol. The lowest BCUT2D eigenvalue weighted by Crippen LogP contribution is -2.48. The van der Waals surface area contributed by atoms with Crippen molar-refractivity contribution in [1.82, 2.24) is 0 Å². The zero-order valence-electron chi connectivity index (χ0n) is 26.2. The number of aromatic carboxylic acids is 1. The Morgan fingerprint density at radius 2 is 1.10 bits per heavy atom. The number of esters is 2. The molecule has 1 aromatic carbocycles. The second kappa shape index (κ2) is 23.6. The molecular formula is C35H56NO6+. The molecule has 0 aliphatic carbocycles. The van der Waals surface area contributed by atoms with Gasteiger partial charge in [-0.05, 0) is 50.7 Å². The van der Waals surface area contributed by atoms with Crippen LogP contribution in [0.25, 0.3) is 0 Å². The molecule has 1 rings (SSSR count). The molecule has 0 spiro atoms. The Labute approximate surface area is 254 Å². The van der Waals surface area contributed by atoms with E-state index in [-0.39, 0.29) is 30.7 Å². The highest BCUT2D eigenvalue weighted by Gasteiger charge is 2.24. The van der Waals surface area contributed by atoms with Crippen molar-refractivity contribution >= 4 is 17.9 Å². The van der Waals surface area contributed by atoms with Crippen LogP contribution in [0.1, 0.15) is 119 Å². The molecule has 0 radical (unpaired) electrons. The molecule has 0 amide bonds. The van der Waals surface area contributed by atoms with Gasteiger partial charge < -0.3 is 19.1 Å². The smallest absolute Gasteiger partial charge is 0.335 e. The van der Waals surface area contributed by atoms with Gasteiger partial charge in [-0.3, -0.25) is 9.59 Å². The van der Waals surface area contributed by atoms with Crippen LogP contribution in [0.4, 0.5) is 0 Å². The van der Waals surface area contributed by atoms with E-state index in [9.17, 15) is 19.5 Å². The summed E-state index contributed by atoms with van der Waals surface area (Å²) in [5, 5.41) is 9.21. The van der Waals surface area contributed by atoms with E-state index in [4.69, 9.17) is 9.47 Å². The van der Waals surface area contributed by atoms with Gasteiger partial charge in [-0.2, -0.15) is 0 Å². The van der Waals surface area contributed by atoms with Crippen molar-refractivity contribution in [2.24, 2.45) is 0 Å². The minimum absolute atomic E-state index is 0.175. The van der Waals surface area contributed by atoms with Crippen LogP contribution in [0.15, 0.2) is 49.6 Å². The zero-order valence-corrected chi connectivity index (χ0v) is 26.2. The highest BCUT2D eigenvalue weighted by Crippen LogP contribution is 2.15. The first kappa shape index (κ1) is 37.1. The number of carbonyl (C=O) groups is 3. The first-order chi connectivity index (χ1) is 20.3. The third kappa shape index (κ3) is 19.2. The molecule has 0 saturated heterocycles. The number of hydrogen-bond acceptors (Lipinski definition) is 5. The zero-order chi connectivity index (χ0) is 30.9. The quantitative estimate of drug-likeness (QED) is 0.0486. The average molecular weight is 587 g/mol. The molecule has 0 aliphatic rings. The van der Waals surface area contributed by atoms with E-state index in [2.05, 4.69) is 13.2 Å². The second-order valence-corrected chi connectivity index (χ2v) is 11.6. The molecule has 0 fully saturated rings. The van der Waals surface area contributed by atoms with Crippen LogP contribution in [0.5, 0.6) is 0 Å². The Balaban J connectivity index is 2.46. The van der Waals surface area contributed by atoms with Crippen LogP contribution in [0.2, 0.25) is 0 Å². The predicted molar refractivity (Wildman–Crippen MR) is 169 cm³/mol. The fourth-order valence-corrected chi connectivity index (χ4v) is 4.90. The van der Waals surface area contributed by atoms with Crippen LogP contribution in [-0.2, 0) is 25.6 Å². The Morgan fingerprint density at radius 1 is 0.690 bits per heavy atom. The van der Waals surface area contributed by atoms with Crippen molar-refractivity contribution in [2.75, 3.05) is 33.4 Å². The lowest BCUT2D eigenvalue weighted by Gasteiger charge is -2.34. The number of carbonyl (C=O) groups excluding carboxylic acids is 2. The van der Waals surface area contributed by atoms with Gasteiger partial charge in [0.2, 0.25) is 0 Å². The van der Waals surface area contributed by atoms with E-state index in [1.54, 1.807) is 12.1 Å². The number of carboxylic acids is 1. The Kier molecular flexibility index (Phi) is 20.9. The third-order valence-electron chi connectivity index (χ3n) is 7.63. The summed E-state index contributed by atoms with van der Waals surface area (Å²) in [6, 6.07) is 6.82. The van der Waals surface area contributed by atoms with E-state index >= 15 is 0 Å². The van der Waals surface area contributed by atoms with E-state index in [0.717, 1.165) is 56.9 Å². The number of allylic oxidation sites excluding steroid dienone is 2. The first-order valence-electron chi connectivity index (χ1n) is 16.0. The molecule has 0 aromatic heterocycles. The number of quaternary nitrogens is 1. The Bertz CT molecular complexity index is 869. The van der Waals surface area contributed by atoms with Gasteiger partial charge in [0.15, 0.2) is 0 Å². The molecule has 7 nitrogen and oxygen atoms in total. The molecule has 0 bridgehead atoms. The van der Waals surface area contributed by atoms with Gasteiger partial charge in [-0.25, -0.2) is 4.79 Å². The fraction of sp³-hybridized carbons (Fsp3) is 0.629. The number of hydrogen-bond donors (Lipinski definition) is 1. The van der Waals surface area contributed by atoms with E-state index in [1.165, 1.54) is 38.5 Å². The molecular weight excluding hydrogens is 530 g/mol. The summed E-state index contributed by atoms with van der Waals surface area (Å²) in [5.74, 6) is -1.31. The van der Waals surface area contributed by atoms with Gasteiger partial charge in [0.25, 0.3) is 0 Å². The van der Waals surface area contributed by atoms with Crippen molar-refractivity contribution in [3.8, 4) is 0 Å². The van der Waals surface area contributed by atoms with Crippen molar-refractivity contribution in [3.05, 3.63) is 60.7 Å². The molecule has 1 N–H and O–H groups in total. The van der Waals surface area contributed by atoms with Crippen LogP contribution in [-0.4, -0.2) is 60.8 Å². The topological polar surface area (TPSA) is 89.9 Å². The van der Waals surface area contributed by atoms with Crippen molar-refractivity contribution < 1.29 is 33.4 Å². The normalized spacial score (nSPS) is 11.2. The summed E-state index contributed by atoms with van der Waals surface area (Å²) in [6.07, 6.45) is 20.1. The average Bonchev–Trinajstić information content (AvgIpc) is 2.96. The van der Waals surface area contributed by atoms with Gasteiger partial charge in [0.05, 0.1) is 12.6 Å². The number of unbranched alkanes of at least 4 members (excludes halogenated alkanes) is 12. The summed E-state index contributed by atoms with van der Waals surface area (Å²) in [5.41, 5.74) is 1.21. The lowest BCUT2D eigenvalue weighted by molar-refractivity contribution is -0.922. The maximum absolute atomic E-state index is 12.3. The molecule has 42 heavy (non-hydrogen) atoms. The molecule has 0 atom stereocenters. The SMILES string of the molecule is C=CCCCCCCCCC(=O)OCC[N+](C)(CCOC(=O)CCCCCCCCC=C)Cc1ccc(C(=O)O)cc1. The van der Waals surface area contributed by atoms with Crippen LogP contribution >= 0.6 is 0 Å². The number of carboxylic acid groups (broad SMARTS) is 1. The Hall–Kier alpha value is -2.93. The largest absolute Gasteiger partial charge is 0.478 e. The highest BCUT2D eigenvalue weighted by atomic mass is 16.5. The number of nitrogens with zero attached hydrogens (tertiary/aromatic N) is 1. The number of benzene rings is 1. The standard InChI is InChI=1S/C35H55NO6/c1-4-6-8-10-12-14-16-18-20-33(37)41-28-26-36(3,30-31-22-24-32(25-23-31)35(39)40)27-29-42-34(38)21-19-17-15-13-11-9-7-5-2/h4-5,22-25H,1-2,6-21,26-30H2,3H3/p+1. The minimum Gasteiger partial charge on any atom is -0.478 e. The molecule has 0 unspecified atom stereocenters. The van der Waals surface area contributed by atoms with Gasteiger partial charge in [-0.1, -0.05) is 75.7 Å². The van der Waals surface area contributed by atoms with E-state index < -0.39 is 5.97 Å². The van der Waals surface area contributed by atoms with Gasteiger partial charge >= 0.3 is 17.9 Å². The molecule has 0 saturated carbocycles. The summed E-state index contributed by atoms with van der Waals surface area (Å²) in [6.45, 7) is 9.80. The maximum atomic E-state index is 12.3. The van der Waals surface area contributed by atoms with Gasteiger partial charge in [0.1, 0.15) is 32.8 Å². The van der Waals surface area contributed by atoms with Gasteiger partial charge in [-0.15, -0.1) is 13.2 Å². The number of ether oxygens (including phenoxy) is 2. The van der Waals surface area contributed by atoms with Crippen molar-refractivity contribution in [1.29, 1.82) is 0 Å². The summed E-state index contributed by atoms with van der Waals surface area (Å²) < 4.78 is 11.6. The molecule has 0 heterocycles. The molecule has 1 aromatic rings. The summed E-state index contributed by atoms with van der Waals surface area (Å²) >= 11 is 0. The highest BCUT2D eigenvalue weighted by molar-refractivity contribution is 5.87. The predicted octanol–water partition coefficient (Wildman–Crippen LogP) is 8.03. The van der Waals surface area contributed by atoms with Crippen LogP contribution in [0.3, 0.4) is 0 Å². The third-order valence-corrected chi connectivity index (χ3v) is 7.63. The van der Waals surface area contributed by atoms with Crippen molar-refractivity contribution in [2.45, 2.75) is 109 Å². The first-order valence-corrected chi connectivity index (χ1v) is 16.0. The Morgan fingerprint density at radius 3 is 1.50 bits per heavy atom. The van der Waals surface area contributed by atoms with Crippen molar-refractivity contribution in [3.63, 3.8) is 0 Å². The summed E-state index contributed by atoms with van der Waals surface area (Å²) in [4.78, 5) is 35.8. The lowest BCUT2D eigenvalue weighted by atomic mass is 10.1. The van der Waals surface area contributed by atoms with E-state index in [1.807, 2.05) is 31.3 Å². The summed E-state index contributed by atoms with van der Waals surface area (Å²) in [7, 11) is 2.05. The second-order valence-electron chi connectivity index (χ2n) is 11.6.